The fourth-order valence-electron chi connectivity index (χ4n) is 1.82. The number of hydrogen-bond acceptors (Lipinski definition) is 5. The molecule has 0 bridgehead atoms. The van der Waals surface area contributed by atoms with Crippen LogP contribution >= 0.6 is 23.1 Å². The van der Waals surface area contributed by atoms with E-state index in [9.17, 15) is 4.79 Å². The van der Waals surface area contributed by atoms with Gasteiger partial charge in [-0.05, 0) is 33.3 Å². The van der Waals surface area contributed by atoms with Gasteiger partial charge in [-0.1, -0.05) is 11.8 Å². The number of amides is 1. The molecule has 0 aliphatic carbocycles. The number of thiophene rings is 1. The molecule has 0 spiro atoms. The molecule has 0 aromatic carbocycles. The zero-order valence-electron chi connectivity index (χ0n) is 11.7. The number of nitrogens with zero attached hydrogens (tertiary/aromatic N) is 2. The molecule has 0 unspecified atom stereocenters. The molecule has 0 radical (unpaired) electrons. The second-order valence-corrected chi connectivity index (χ2v) is 6.95. The zero-order valence-corrected chi connectivity index (χ0v) is 13.3. The Bertz CT molecular complexity index is 636. The van der Waals surface area contributed by atoms with Crippen LogP contribution in [0.5, 0.6) is 0 Å². The lowest BCUT2D eigenvalue weighted by molar-refractivity contribution is -0.119. The number of hydrogen-bond donors (Lipinski definition) is 1. The van der Waals surface area contributed by atoms with E-state index in [-0.39, 0.29) is 11.2 Å². The SMILES string of the molecule is CNC(=O)[C@@H](C)Sc1nc(C)nc2sc(C)c(C)c12. The molecule has 0 fully saturated rings. The first kappa shape index (κ1) is 14.3. The lowest BCUT2D eigenvalue weighted by Crippen LogP contribution is -2.27. The van der Waals surface area contributed by atoms with Crippen molar-refractivity contribution in [1.29, 1.82) is 0 Å². The molecule has 6 heteroatoms. The maximum atomic E-state index is 11.7. The minimum absolute atomic E-state index is 0.0130. The average Bonchev–Trinajstić information content (AvgIpc) is 2.63. The summed E-state index contributed by atoms with van der Waals surface area (Å²) in [5.74, 6) is 0.763. The maximum Gasteiger partial charge on any atom is 0.233 e. The molecule has 102 valence electrons. The van der Waals surface area contributed by atoms with Crippen LogP contribution in [0.4, 0.5) is 0 Å². The van der Waals surface area contributed by atoms with E-state index < -0.39 is 0 Å². The van der Waals surface area contributed by atoms with E-state index in [0.717, 1.165) is 21.1 Å². The Labute approximate surface area is 121 Å². The number of carbonyl (C=O) groups is 1. The summed E-state index contributed by atoms with van der Waals surface area (Å²) in [5, 5.41) is 4.50. The van der Waals surface area contributed by atoms with E-state index in [1.807, 2.05) is 13.8 Å². The number of aromatic nitrogens is 2. The van der Waals surface area contributed by atoms with Gasteiger partial charge in [0.25, 0.3) is 0 Å². The van der Waals surface area contributed by atoms with Gasteiger partial charge in [0.1, 0.15) is 15.7 Å². The topological polar surface area (TPSA) is 54.9 Å². The van der Waals surface area contributed by atoms with Crippen LogP contribution in [0.25, 0.3) is 10.2 Å². The number of nitrogens with one attached hydrogen (secondary N) is 1. The fourth-order valence-corrected chi connectivity index (χ4v) is 4.08. The molecular weight excluding hydrogens is 278 g/mol. The molecule has 2 rings (SSSR count). The van der Waals surface area contributed by atoms with Gasteiger partial charge >= 0.3 is 0 Å². The Kier molecular flexibility index (Phi) is 4.10. The molecule has 0 aliphatic rings. The van der Waals surface area contributed by atoms with Gasteiger partial charge < -0.3 is 5.32 Å². The largest absolute Gasteiger partial charge is 0.358 e. The van der Waals surface area contributed by atoms with Gasteiger partial charge in [0, 0.05) is 17.3 Å². The van der Waals surface area contributed by atoms with Gasteiger partial charge in [-0.25, -0.2) is 9.97 Å². The average molecular weight is 295 g/mol. The lowest BCUT2D eigenvalue weighted by atomic mass is 10.2. The Balaban J connectivity index is 2.50. The van der Waals surface area contributed by atoms with Crippen LogP contribution in [0.15, 0.2) is 5.03 Å². The molecule has 0 aliphatic heterocycles. The van der Waals surface area contributed by atoms with Crippen LogP contribution in [0, 0.1) is 20.8 Å². The molecule has 0 saturated carbocycles. The van der Waals surface area contributed by atoms with Crippen molar-refractivity contribution in [2.45, 2.75) is 38.0 Å². The monoisotopic (exact) mass is 295 g/mol. The van der Waals surface area contributed by atoms with Crippen LogP contribution in [-0.2, 0) is 4.79 Å². The van der Waals surface area contributed by atoms with Gasteiger partial charge in [0.2, 0.25) is 5.91 Å². The zero-order chi connectivity index (χ0) is 14.2. The molecule has 4 nitrogen and oxygen atoms in total. The molecular formula is C13H17N3OS2. The third-order valence-electron chi connectivity index (χ3n) is 3.01. The number of rotatable bonds is 3. The van der Waals surface area contributed by atoms with Gasteiger partial charge in [0.15, 0.2) is 0 Å². The Morgan fingerprint density at radius 2 is 2.00 bits per heavy atom. The molecule has 1 atom stereocenters. The normalized spacial score (nSPS) is 12.7. The summed E-state index contributed by atoms with van der Waals surface area (Å²) in [4.78, 5) is 22.9. The molecule has 19 heavy (non-hydrogen) atoms. The van der Waals surface area contributed by atoms with E-state index in [1.165, 1.54) is 22.2 Å². The quantitative estimate of drug-likeness (QED) is 0.699. The number of thioether (sulfide) groups is 1. The fraction of sp³-hybridized carbons (Fsp3) is 0.462. The third kappa shape index (κ3) is 2.74. The van der Waals surface area contributed by atoms with E-state index in [1.54, 1.807) is 18.4 Å². The standard InChI is InChI=1S/C13H17N3OS2/c1-6-7(2)18-12-10(6)13(16-9(4)15-12)19-8(3)11(17)14-5/h8H,1-5H3,(H,14,17)/t8-/m1/s1. The second kappa shape index (κ2) is 5.46. The first-order valence-electron chi connectivity index (χ1n) is 6.06. The Morgan fingerprint density at radius 1 is 1.32 bits per heavy atom. The van der Waals surface area contributed by atoms with Crippen LogP contribution in [0.3, 0.4) is 0 Å². The van der Waals surface area contributed by atoms with Crippen molar-refractivity contribution in [2.75, 3.05) is 7.05 Å². The predicted molar refractivity (Wildman–Crippen MR) is 81.0 cm³/mol. The number of fused-ring (bicyclic) bond motifs is 1. The van der Waals surface area contributed by atoms with Gasteiger partial charge in [-0.3, -0.25) is 4.79 Å². The van der Waals surface area contributed by atoms with Crippen molar-refractivity contribution in [3.05, 3.63) is 16.3 Å². The van der Waals surface area contributed by atoms with Gasteiger partial charge in [-0.2, -0.15) is 0 Å². The molecule has 2 aromatic rings. The first-order valence-corrected chi connectivity index (χ1v) is 7.76. The maximum absolute atomic E-state index is 11.7. The van der Waals surface area contributed by atoms with Crippen molar-refractivity contribution in [3.8, 4) is 0 Å². The number of aryl methyl sites for hydroxylation is 3. The highest BCUT2D eigenvalue weighted by Crippen LogP contribution is 2.36. The lowest BCUT2D eigenvalue weighted by Gasteiger charge is -2.10. The van der Waals surface area contributed by atoms with Crippen molar-refractivity contribution in [1.82, 2.24) is 15.3 Å². The summed E-state index contributed by atoms with van der Waals surface area (Å²) in [7, 11) is 1.65. The Hall–Kier alpha value is -1.14. The molecule has 2 aromatic heterocycles. The summed E-state index contributed by atoms with van der Waals surface area (Å²) in [6, 6.07) is 0. The second-order valence-electron chi connectivity index (χ2n) is 4.41. The summed E-state index contributed by atoms with van der Waals surface area (Å²) < 4.78 is 0. The van der Waals surface area contributed by atoms with Gasteiger partial charge in [-0.15, -0.1) is 11.3 Å². The minimum Gasteiger partial charge on any atom is -0.358 e. The van der Waals surface area contributed by atoms with E-state index in [4.69, 9.17) is 0 Å². The van der Waals surface area contributed by atoms with Crippen molar-refractivity contribution < 1.29 is 4.79 Å². The summed E-state index contributed by atoms with van der Waals surface area (Å²) in [5.41, 5.74) is 1.21. The summed E-state index contributed by atoms with van der Waals surface area (Å²) in [6.07, 6.45) is 0. The van der Waals surface area contributed by atoms with Crippen LogP contribution in [0.2, 0.25) is 0 Å². The molecule has 2 heterocycles. The van der Waals surface area contributed by atoms with Crippen molar-refractivity contribution >= 4 is 39.2 Å². The van der Waals surface area contributed by atoms with Gasteiger partial charge in [0.05, 0.1) is 5.25 Å². The van der Waals surface area contributed by atoms with E-state index in [0.29, 0.717) is 0 Å². The van der Waals surface area contributed by atoms with Crippen LogP contribution in [-0.4, -0.2) is 28.2 Å². The molecule has 1 N–H and O–H groups in total. The van der Waals surface area contributed by atoms with Crippen molar-refractivity contribution in [3.63, 3.8) is 0 Å². The molecule has 1 amide bonds. The third-order valence-corrected chi connectivity index (χ3v) is 5.20. The van der Waals surface area contributed by atoms with E-state index >= 15 is 0 Å². The number of carbonyl (C=O) groups excluding carboxylic acids is 1. The highest BCUT2D eigenvalue weighted by atomic mass is 32.2. The highest BCUT2D eigenvalue weighted by molar-refractivity contribution is 8.00. The summed E-state index contributed by atoms with van der Waals surface area (Å²) in [6.45, 7) is 7.95. The highest BCUT2D eigenvalue weighted by Gasteiger charge is 2.19. The van der Waals surface area contributed by atoms with Crippen molar-refractivity contribution in [2.24, 2.45) is 0 Å². The Morgan fingerprint density at radius 3 is 2.63 bits per heavy atom. The minimum atomic E-state index is -0.165. The summed E-state index contributed by atoms with van der Waals surface area (Å²) >= 11 is 3.17. The predicted octanol–water partition coefficient (Wildman–Crippen LogP) is 2.84. The smallest absolute Gasteiger partial charge is 0.233 e. The molecule has 0 saturated heterocycles. The van der Waals surface area contributed by atoms with Crippen LogP contribution < -0.4 is 5.32 Å². The van der Waals surface area contributed by atoms with Crippen LogP contribution in [0.1, 0.15) is 23.2 Å². The van der Waals surface area contributed by atoms with E-state index in [2.05, 4.69) is 29.1 Å². The first-order chi connectivity index (χ1) is 8.93.